The van der Waals surface area contributed by atoms with Gasteiger partial charge in [-0.3, -0.25) is 4.68 Å². The van der Waals surface area contributed by atoms with Crippen molar-refractivity contribution in [2.45, 2.75) is 26.1 Å². The van der Waals surface area contributed by atoms with Crippen LogP contribution in [-0.2, 0) is 13.1 Å². The summed E-state index contributed by atoms with van der Waals surface area (Å²) in [6.07, 6.45) is 3.60. The third kappa shape index (κ3) is 3.74. The van der Waals surface area contributed by atoms with Gasteiger partial charge in [-0.2, -0.15) is 5.10 Å². The van der Waals surface area contributed by atoms with Gasteiger partial charge in [0.2, 0.25) is 6.79 Å². The van der Waals surface area contributed by atoms with E-state index in [2.05, 4.69) is 10.4 Å². The molecule has 1 N–H and O–H groups in total. The Morgan fingerprint density at radius 1 is 1.43 bits per heavy atom. The minimum atomic E-state index is -0.123. The molecular formula is C16H20N4O3. The van der Waals surface area contributed by atoms with E-state index in [9.17, 15) is 4.79 Å². The van der Waals surface area contributed by atoms with Gasteiger partial charge in [0.05, 0.1) is 6.54 Å². The van der Waals surface area contributed by atoms with E-state index >= 15 is 0 Å². The standard InChI is InChI=1S/C16H20N4O3/c1-12(9-20-7-3-6-17-20)18-16(21)19(2)10-13-4-5-14-15(8-13)23-11-22-14/h3-8,12H,9-11H2,1-2H3,(H,18,21)/t12-/m0/s1. The number of carbonyl (C=O) groups is 1. The molecule has 0 saturated carbocycles. The first-order chi connectivity index (χ1) is 11.1. The van der Waals surface area contributed by atoms with Gasteiger partial charge in [0, 0.05) is 32.0 Å². The molecule has 1 aliphatic heterocycles. The first kappa shape index (κ1) is 15.2. The number of amides is 2. The number of carbonyl (C=O) groups excluding carboxylic acids is 1. The molecule has 1 atom stereocenters. The van der Waals surface area contributed by atoms with Crippen LogP contribution in [0, 0.1) is 0 Å². The van der Waals surface area contributed by atoms with Crippen molar-refractivity contribution in [3.63, 3.8) is 0 Å². The van der Waals surface area contributed by atoms with Crippen LogP contribution >= 0.6 is 0 Å². The van der Waals surface area contributed by atoms with Crippen LogP contribution < -0.4 is 14.8 Å². The lowest BCUT2D eigenvalue weighted by Gasteiger charge is -2.21. The number of fused-ring (bicyclic) bond motifs is 1. The van der Waals surface area contributed by atoms with E-state index in [-0.39, 0.29) is 18.9 Å². The first-order valence-electron chi connectivity index (χ1n) is 7.49. The summed E-state index contributed by atoms with van der Waals surface area (Å²) >= 11 is 0. The van der Waals surface area contributed by atoms with E-state index in [4.69, 9.17) is 9.47 Å². The van der Waals surface area contributed by atoms with Gasteiger partial charge in [-0.1, -0.05) is 6.07 Å². The highest BCUT2D eigenvalue weighted by Gasteiger charge is 2.16. The second-order valence-electron chi connectivity index (χ2n) is 5.62. The molecule has 3 rings (SSSR count). The molecule has 0 spiro atoms. The van der Waals surface area contributed by atoms with Crippen molar-refractivity contribution >= 4 is 6.03 Å². The van der Waals surface area contributed by atoms with E-state index in [0.717, 1.165) is 17.1 Å². The quantitative estimate of drug-likeness (QED) is 0.914. The molecule has 7 nitrogen and oxygen atoms in total. The van der Waals surface area contributed by atoms with E-state index in [1.165, 1.54) is 0 Å². The largest absolute Gasteiger partial charge is 0.454 e. The normalized spacial score (nSPS) is 13.7. The molecule has 0 fully saturated rings. The van der Waals surface area contributed by atoms with Crippen LogP contribution in [0.4, 0.5) is 4.79 Å². The Kier molecular flexibility index (Phi) is 4.36. The summed E-state index contributed by atoms with van der Waals surface area (Å²) in [6.45, 7) is 3.33. The van der Waals surface area contributed by atoms with Crippen LogP contribution in [0.2, 0.25) is 0 Å². The molecule has 1 aromatic heterocycles. The molecule has 2 aromatic rings. The Morgan fingerprint density at radius 2 is 2.26 bits per heavy atom. The van der Waals surface area contributed by atoms with Crippen LogP contribution in [0.5, 0.6) is 11.5 Å². The van der Waals surface area contributed by atoms with Crippen LogP contribution in [-0.4, -0.2) is 40.6 Å². The molecule has 7 heteroatoms. The number of hydrogen-bond donors (Lipinski definition) is 1. The summed E-state index contributed by atoms with van der Waals surface area (Å²) in [6, 6.07) is 7.43. The second-order valence-corrected chi connectivity index (χ2v) is 5.62. The van der Waals surface area contributed by atoms with E-state index in [0.29, 0.717) is 13.1 Å². The fourth-order valence-electron chi connectivity index (χ4n) is 2.44. The van der Waals surface area contributed by atoms with E-state index < -0.39 is 0 Å². The van der Waals surface area contributed by atoms with Crippen molar-refractivity contribution < 1.29 is 14.3 Å². The Balaban J connectivity index is 1.53. The predicted octanol–water partition coefficient (Wildman–Crippen LogP) is 1.84. The van der Waals surface area contributed by atoms with Gasteiger partial charge in [0.15, 0.2) is 11.5 Å². The number of aromatic nitrogens is 2. The lowest BCUT2D eigenvalue weighted by molar-refractivity contribution is 0.174. The molecule has 0 saturated heterocycles. The van der Waals surface area contributed by atoms with Crippen molar-refractivity contribution in [1.29, 1.82) is 0 Å². The monoisotopic (exact) mass is 316 g/mol. The molecule has 1 aliphatic rings. The van der Waals surface area contributed by atoms with Gasteiger partial charge < -0.3 is 19.7 Å². The minimum Gasteiger partial charge on any atom is -0.454 e. The fraction of sp³-hybridized carbons (Fsp3) is 0.375. The number of urea groups is 1. The summed E-state index contributed by atoms with van der Waals surface area (Å²) < 4.78 is 12.4. The predicted molar refractivity (Wildman–Crippen MR) is 84.3 cm³/mol. The van der Waals surface area contributed by atoms with Gasteiger partial charge in [0.1, 0.15) is 0 Å². The molecule has 23 heavy (non-hydrogen) atoms. The van der Waals surface area contributed by atoms with E-state index in [1.54, 1.807) is 22.8 Å². The number of rotatable bonds is 5. The smallest absolute Gasteiger partial charge is 0.317 e. The lowest BCUT2D eigenvalue weighted by Crippen LogP contribution is -2.43. The summed E-state index contributed by atoms with van der Waals surface area (Å²) in [5.74, 6) is 1.47. The van der Waals surface area contributed by atoms with Crippen LogP contribution in [0.3, 0.4) is 0 Å². The molecule has 1 aromatic carbocycles. The van der Waals surface area contributed by atoms with Crippen molar-refractivity contribution in [3.05, 3.63) is 42.2 Å². The fourth-order valence-corrected chi connectivity index (χ4v) is 2.44. The Hall–Kier alpha value is -2.70. The van der Waals surface area contributed by atoms with Crippen molar-refractivity contribution in [2.75, 3.05) is 13.8 Å². The van der Waals surface area contributed by atoms with Gasteiger partial charge in [-0.15, -0.1) is 0 Å². The zero-order valence-corrected chi connectivity index (χ0v) is 13.2. The average Bonchev–Trinajstić information content (AvgIpc) is 3.17. The average molecular weight is 316 g/mol. The summed E-state index contributed by atoms with van der Waals surface area (Å²) in [5.41, 5.74) is 0.992. The SMILES string of the molecule is C[C@@H](Cn1cccn1)NC(=O)N(C)Cc1ccc2c(c1)OCO2. The van der Waals surface area contributed by atoms with Gasteiger partial charge in [0.25, 0.3) is 0 Å². The van der Waals surface area contributed by atoms with Gasteiger partial charge in [-0.05, 0) is 30.7 Å². The number of benzene rings is 1. The summed E-state index contributed by atoms with van der Waals surface area (Å²) in [4.78, 5) is 13.9. The van der Waals surface area contributed by atoms with Crippen LogP contribution in [0.1, 0.15) is 12.5 Å². The summed E-state index contributed by atoms with van der Waals surface area (Å²) in [5, 5.41) is 7.10. The van der Waals surface area contributed by atoms with Crippen LogP contribution in [0.15, 0.2) is 36.7 Å². The number of nitrogens with zero attached hydrogens (tertiary/aromatic N) is 3. The van der Waals surface area contributed by atoms with Crippen molar-refractivity contribution in [2.24, 2.45) is 0 Å². The minimum absolute atomic E-state index is 0.0124. The maximum atomic E-state index is 12.2. The third-order valence-electron chi connectivity index (χ3n) is 3.59. The molecular weight excluding hydrogens is 296 g/mol. The number of nitrogens with one attached hydrogen (secondary N) is 1. The molecule has 0 aliphatic carbocycles. The zero-order valence-electron chi connectivity index (χ0n) is 13.2. The first-order valence-corrected chi connectivity index (χ1v) is 7.49. The van der Waals surface area contributed by atoms with Gasteiger partial charge >= 0.3 is 6.03 Å². The molecule has 2 amide bonds. The maximum absolute atomic E-state index is 12.2. The topological polar surface area (TPSA) is 68.6 Å². The van der Waals surface area contributed by atoms with Crippen LogP contribution in [0.25, 0.3) is 0 Å². The number of hydrogen-bond acceptors (Lipinski definition) is 4. The molecule has 122 valence electrons. The third-order valence-corrected chi connectivity index (χ3v) is 3.59. The Morgan fingerprint density at radius 3 is 3.04 bits per heavy atom. The molecule has 2 heterocycles. The molecule has 0 radical (unpaired) electrons. The van der Waals surface area contributed by atoms with Crippen molar-refractivity contribution in [3.8, 4) is 11.5 Å². The highest BCUT2D eigenvalue weighted by molar-refractivity contribution is 5.74. The van der Waals surface area contributed by atoms with Gasteiger partial charge in [-0.25, -0.2) is 4.79 Å². The van der Waals surface area contributed by atoms with Crippen molar-refractivity contribution in [1.82, 2.24) is 20.0 Å². The highest BCUT2D eigenvalue weighted by atomic mass is 16.7. The van der Waals surface area contributed by atoms with E-state index in [1.807, 2.05) is 37.4 Å². The number of ether oxygens (including phenoxy) is 2. The summed E-state index contributed by atoms with van der Waals surface area (Å²) in [7, 11) is 1.76. The highest BCUT2D eigenvalue weighted by Crippen LogP contribution is 2.32. The molecule has 0 unspecified atom stereocenters. The Labute approximate surface area is 134 Å². The second kappa shape index (κ2) is 6.60. The maximum Gasteiger partial charge on any atom is 0.317 e. The molecule has 0 bridgehead atoms. The lowest BCUT2D eigenvalue weighted by atomic mass is 10.2. The zero-order chi connectivity index (χ0) is 16.2. The Bertz CT molecular complexity index is 672.